The van der Waals surface area contributed by atoms with Crippen LogP contribution in [0.5, 0.6) is 5.75 Å². The Balaban J connectivity index is 1.97. The third-order valence-electron chi connectivity index (χ3n) is 2.70. The lowest BCUT2D eigenvalue weighted by Crippen LogP contribution is -2.07. The van der Waals surface area contributed by atoms with Gasteiger partial charge in [0.1, 0.15) is 5.75 Å². The van der Waals surface area contributed by atoms with Crippen molar-refractivity contribution in [1.29, 1.82) is 0 Å². The van der Waals surface area contributed by atoms with E-state index in [0.29, 0.717) is 0 Å². The highest BCUT2D eigenvalue weighted by Crippen LogP contribution is 2.30. The minimum Gasteiger partial charge on any atom is -0.493 e. The van der Waals surface area contributed by atoms with Crippen LogP contribution in [0.3, 0.4) is 0 Å². The first kappa shape index (κ1) is 10.8. The number of benzene rings is 1. The highest BCUT2D eigenvalue weighted by Gasteiger charge is 2.21. The van der Waals surface area contributed by atoms with Crippen molar-refractivity contribution in [3.8, 4) is 5.75 Å². The molecule has 1 aliphatic carbocycles. The van der Waals surface area contributed by atoms with Gasteiger partial charge in [0.15, 0.2) is 0 Å². The van der Waals surface area contributed by atoms with E-state index in [0.717, 1.165) is 23.8 Å². The summed E-state index contributed by atoms with van der Waals surface area (Å²) in [5.41, 5.74) is 1.15. The summed E-state index contributed by atoms with van der Waals surface area (Å²) in [5.74, 6) is 1.73. The molecular weight excluding hydrogens is 210 g/mol. The van der Waals surface area contributed by atoms with Crippen LogP contribution >= 0.6 is 11.8 Å². The summed E-state index contributed by atoms with van der Waals surface area (Å²) in [6.07, 6.45) is 2.64. The average molecular weight is 226 g/mol. The summed E-state index contributed by atoms with van der Waals surface area (Å²) < 4.78 is 5.69. The van der Waals surface area contributed by atoms with Crippen molar-refractivity contribution in [2.24, 2.45) is 5.92 Å². The molecule has 82 valence electrons. The summed E-state index contributed by atoms with van der Waals surface area (Å²) in [4.78, 5) is 2.70. The van der Waals surface area contributed by atoms with Gasteiger partial charge >= 0.3 is 0 Å². The van der Waals surface area contributed by atoms with Crippen LogP contribution in [0.15, 0.2) is 24.3 Å². The van der Waals surface area contributed by atoms with E-state index in [9.17, 15) is 0 Å². The van der Waals surface area contributed by atoms with E-state index in [1.54, 1.807) is 0 Å². The zero-order chi connectivity index (χ0) is 10.7. The third kappa shape index (κ3) is 3.11. The van der Waals surface area contributed by atoms with Crippen LogP contribution in [0.2, 0.25) is 0 Å². The Morgan fingerprint density at radius 3 is 3.00 bits per heavy atom. The quantitative estimate of drug-likeness (QED) is 0.777. The maximum atomic E-state index is 5.69. The van der Waals surface area contributed by atoms with Gasteiger partial charge in [-0.1, -0.05) is 12.1 Å². The predicted octanol–water partition coefficient (Wildman–Crippen LogP) is 3.28. The van der Waals surface area contributed by atoms with Gasteiger partial charge in [-0.2, -0.15) is 0 Å². The molecule has 0 aliphatic heterocycles. The molecule has 0 aromatic heterocycles. The zero-order valence-corrected chi connectivity index (χ0v) is 9.63. The monoisotopic (exact) mass is 225 g/mol. The van der Waals surface area contributed by atoms with E-state index in [1.165, 1.54) is 12.8 Å². The van der Waals surface area contributed by atoms with E-state index in [1.807, 2.05) is 31.2 Å². The largest absolute Gasteiger partial charge is 0.493 e. The second-order valence-electron chi connectivity index (χ2n) is 4.16. The smallest absolute Gasteiger partial charge is 0.119 e. The molecule has 1 aromatic carbocycles. The van der Waals surface area contributed by atoms with Gasteiger partial charge in [-0.15, -0.1) is 0 Å². The molecule has 0 radical (unpaired) electrons. The first-order valence-corrected chi connectivity index (χ1v) is 5.76. The summed E-state index contributed by atoms with van der Waals surface area (Å²) in [6, 6.07) is 8.23. The molecule has 0 unspecified atom stereocenters. The molecule has 0 spiro atoms. The zero-order valence-electron chi connectivity index (χ0n) is 8.87. The van der Waals surface area contributed by atoms with Crippen molar-refractivity contribution in [2.75, 3.05) is 6.61 Å². The van der Waals surface area contributed by atoms with E-state index in [2.05, 4.69) is 4.84 Å². The Kier molecular flexibility index (Phi) is 3.49. The molecule has 0 saturated heterocycles. The predicted molar refractivity (Wildman–Crippen MR) is 62.1 cm³/mol. The Bertz CT molecular complexity index is 325. The first-order chi connectivity index (χ1) is 7.29. The molecule has 0 bridgehead atoms. The Morgan fingerprint density at radius 1 is 1.53 bits per heavy atom. The van der Waals surface area contributed by atoms with Gasteiger partial charge in [0.25, 0.3) is 0 Å². The fourth-order valence-electron chi connectivity index (χ4n) is 1.44. The van der Waals surface area contributed by atoms with Gasteiger partial charge in [-0.05, 0) is 55.2 Å². The molecule has 1 fully saturated rings. The molecule has 1 aliphatic rings. The van der Waals surface area contributed by atoms with Gasteiger partial charge in [0, 0.05) is 6.04 Å². The number of hydrogen-bond acceptors (Lipinski definition) is 2. The Hall–Kier alpha value is -0.730. The third-order valence-corrected chi connectivity index (χ3v) is 3.03. The summed E-state index contributed by atoms with van der Waals surface area (Å²) in [5, 5.41) is 0. The van der Waals surface area contributed by atoms with Crippen molar-refractivity contribution in [3.63, 3.8) is 0 Å². The maximum absolute atomic E-state index is 5.69. The van der Waals surface area contributed by atoms with Gasteiger partial charge in [-0.25, -0.2) is 4.84 Å². The fourth-order valence-corrected chi connectivity index (χ4v) is 1.56. The Morgan fingerprint density at radius 2 is 2.33 bits per heavy atom. The van der Waals surface area contributed by atoms with Crippen molar-refractivity contribution in [3.05, 3.63) is 29.8 Å². The van der Waals surface area contributed by atoms with Gasteiger partial charge < -0.3 is 4.74 Å². The molecule has 0 heterocycles. The van der Waals surface area contributed by atoms with Gasteiger partial charge in [-0.3, -0.25) is 0 Å². The lowest BCUT2D eigenvalue weighted by molar-refractivity contribution is 0.299. The summed E-state index contributed by atoms with van der Waals surface area (Å²) in [6.45, 7) is 2.87. The molecular formula is C12H16ClNO. The highest BCUT2D eigenvalue weighted by molar-refractivity contribution is 6.13. The van der Waals surface area contributed by atoms with Crippen LogP contribution in [0.4, 0.5) is 0 Å². The van der Waals surface area contributed by atoms with Gasteiger partial charge in [0.05, 0.1) is 6.61 Å². The van der Waals surface area contributed by atoms with E-state index >= 15 is 0 Å². The molecule has 1 aromatic rings. The van der Waals surface area contributed by atoms with Crippen LogP contribution in [-0.2, 0) is 0 Å². The van der Waals surface area contributed by atoms with E-state index in [-0.39, 0.29) is 6.04 Å². The van der Waals surface area contributed by atoms with Gasteiger partial charge in [0.2, 0.25) is 0 Å². The van der Waals surface area contributed by atoms with Crippen molar-refractivity contribution >= 4 is 11.8 Å². The van der Waals surface area contributed by atoms with Crippen LogP contribution in [0.25, 0.3) is 0 Å². The SMILES string of the molecule is C[C@@H](NCl)c1cccc(OCC2CC2)c1. The lowest BCUT2D eigenvalue weighted by atomic mass is 10.1. The second kappa shape index (κ2) is 4.86. The minimum absolute atomic E-state index is 0.149. The maximum Gasteiger partial charge on any atom is 0.119 e. The highest BCUT2D eigenvalue weighted by atomic mass is 35.5. The van der Waals surface area contributed by atoms with Crippen LogP contribution in [0, 0.1) is 5.92 Å². The normalized spacial score (nSPS) is 17.5. The standard InChI is InChI=1S/C12H16ClNO/c1-9(14-13)11-3-2-4-12(7-11)15-8-10-5-6-10/h2-4,7,9-10,14H,5-6,8H2,1H3/t9-/m1/s1. The average Bonchev–Trinajstić information content (AvgIpc) is 3.09. The molecule has 3 heteroatoms. The second-order valence-corrected chi connectivity index (χ2v) is 4.38. The molecule has 1 atom stereocenters. The van der Waals surface area contributed by atoms with Crippen LogP contribution in [0.1, 0.15) is 31.4 Å². The van der Waals surface area contributed by atoms with Crippen molar-refractivity contribution in [1.82, 2.24) is 4.84 Å². The summed E-state index contributed by atoms with van der Waals surface area (Å²) in [7, 11) is 0. The number of halogens is 1. The van der Waals surface area contributed by atoms with Crippen molar-refractivity contribution in [2.45, 2.75) is 25.8 Å². The molecule has 0 amide bonds. The number of rotatable bonds is 5. The van der Waals surface area contributed by atoms with E-state index < -0.39 is 0 Å². The number of ether oxygens (including phenoxy) is 1. The topological polar surface area (TPSA) is 21.3 Å². The Labute approximate surface area is 95.7 Å². The lowest BCUT2D eigenvalue weighted by Gasteiger charge is -2.11. The summed E-state index contributed by atoms with van der Waals surface area (Å²) >= 11 is 5.59. The van der Waals surface area contributed by atoms with E-state index in [4.69, 9.17) is 16.5 Å². The number of nitrogens with one attached hydrogen (secondary N) is 1. The molecule has 2 nitrogen and oxygen atoms in total. The fraction of sp³-hybridized carbons (Fsp3) is 0.500. The molecule has 15 heavy (non-hydrogen) atoms. The first-order valence-electron chi connectivity index (χ1n) is 5.38. The number of hydrogen-bond donors (Lipinski definition) is 1. The van der Waals surface area contributed by atoms with Crippen LogP contribution in [-0.4, -0.2) is 6.61 Å². The minimum atomic E-state index is 0.149. The molecule has 2 rings (SSSR count). The van der Waals surface area contributed by atoms with Crippen LogP contribution < -0.4 is 9.57 Å². The van der Waals surface area contributed by atoms with Crippen molar-refractivity contribution < 1.29 is 4.74 Å². The molecule has 1 N–H and O–H groups in total. The molecule has 1 saturated carbocycles.